The standard InChI is InChI=1S/C19H16N4O2S/c1-12-6-3-4-7-13(12)18(24)21-17-11-20-19(26-17)15-10-14(22-23(15)2)16-8-5-9-25-16/h3-11H,1-2H3,(H,21,24). The monoisotopic (exact) mass is 364 g/mol. The van der Waals surface area contributed by atoms with Gasteiger partial charge in [-0.25, -0.2) is 4.98 Å². The summed E-state index contributed by atoms with van der Waals surface area (Å²) in [5, 5.41) is 8.84. The van der Waals surface area contributed by atoms with Gasteiger partial charge in [0.2, 0.25) is 0 Å². The van der Waals surface area contributed by atoms with Gasteiger partial charge in [-0.1, -0.05) is 29.5 Å². The molecular formula is C19H16N4O2S. The summed E-state index contributed by atoms with van der Waals surface area (Å²) in [6, 6.07) is 13.1. The fourth-order valence-corrected chi connectivity index (χ4v) is 3.53. The van der Waals surface area contributed by atoms with Gasteiger partial charge in [-0.15, -0.1) is 0 Å². The van der Waals surface area contributed by atoms with E-state index in [4.69, 9.17) is 4.42 Å². The van der Waals surface area contributed by atoms with Crippen LogP contribution in [0.2, 0.25) is 0 Å². The van der Waals surface area contributed by atoms with Gasteiger partial charge in [0.05, 0.1) is 18.2 Å². The molecule has 0 unspecified atom stereocenters. The Morgan fingerprint density at radius 2 is 2.08 bits per heavy atom. The highest BCUT2D eigenvalue weighted by atomic mass is 32.1. The number of nitrogens with one attached hydrogen (secondary N) is 1. The zero-order valence-corrected chi connectivity index (χ0v) is 15.1. The molecule has 1 aromatic carbocycles. The van der Waals surface area contributed by atoms with Gasteiger partial charge < -0.3 is 9.73 Å². The minimum Gasteiger partial charge on any atom is -0.463 e. The van der Waals surface area contributed by atoms with Crippen LogP contribution >= 0.6 is 11.3 Å². The van der Waals surface area contributed by atoms with Gasteiger partial charge in [-0.05, 0) is 36.8 Å². The van der Waals surface area contributed by atoms with E-state index in [1.165, 1.54) is 11.3 Å². The molecule has 7 heteroatoms. The van der Waals surface area contributed by atoms with Crippen molar-refractivity contribution in [2.75, 3.05) is 5.32 Å². The summed E-state index contributed by atoms with van der Waals surface area (Å²) in [4.78, 5) is 16.9. The highest BCUT2D eigenvalue weighted by Gasteiger charge is 2.15. The number of aromatic nitrogens is 3. The molecule has 0 aliphatic carbocycles. The molecule has 0 bridgehead atoms. The van der Waals surface area contributed by atoms with Gasteiger partial charge in [0.1, 0.15) is 15.7 Å². The Balaban J connectivity index is 1.57. The van der Waals surface area contributed by atoms with Crippen LogP contribution in [-0.4, -0.2) is 20.7 Å². The van der Waals surface area contributed by atoms with Crippen LogP contribution < -0.4 is 5.32 Å². The molecule has 0 saturated heterocycles. The van der Waals surface area contributed by atoms with Crippen LogP contribution in [0.5, 0.6) is 0 Å². The van der Waals surface area contributed by atoms with E-state index in [1.807, 2.05) is 56.4 Å². The third-order valence-corrected chi connectivity index (χ3v) is 4.94. The minimum absolute atomic E-state index is 0.139. The number of amides is 1. The molecule has 0 atom stereocenters. The molecule has 0 aliphatic rings. The average Bonchev–Trinajstić information content (AvgIpc) is 3.35. The van der Waals surface area contributed by atoms with E-state index in [2.05, 4.69) is 15.4 Å². The van der Waals surface area contributed by atoms with Crippen LogP contribution in [0.4, 0.5) is 5.00 Å². The Morgan fingerprint density at radius 3 is 2.85 bits per heavy atom. The molecule has 0 saturated carbocycles. The number of nitrogens with zero attached hydrogens (tertiary/aromatic N) is 3. The lowest BCUT2D eigenvalue weighted by Gasteiger charge is -2.04. The van der Waals surface area contributed by atoms with Gasteiger partial charge in [-0.2, -0.15) is 5.10 Å². The average molecular weight is 364 g/mol. The highest BCUT2D eigenvalue weighted by Crippen LogP contribution is 2.31. The number of carbonyl (C=O) groups is 1. The maximum absolute atomic E-state index is 12.4. The summed E-state index contributed by atoms with van der Waals surface area (Å²) in [5.41, 5.74) is 3.19. The van der Waals surface area contributed by atoms with Crippen LogP contribution in [0.25, 0.3) is 22.2 Å². The molecular weight excluding hydrogens is 348 g/mol. The van der Waals surface area contributed by atoms with Crippen LogP contribution in [-0.2, 0) is 7.05 Å². The Kier molecular flexibility index (Phi) is 4.14. The van der Waals surface area contributed by atoms with Gasteiger partial charge in [-0.3, -0.25) is 9.48 Å². The van der Waals surface area contributed by atoms with Gasteiger partial charge >= 0.3 is 0 Å². The molecule has 3 aromatic heterocycles. The normalized spacial score (nSPS) is 10.8. The van der Waals surface area contributed by atoms with Crippen LogP contribution in [0.1, 0.15) is 15.9 Å². The first-order valence-electron chi connectivity index (χ1n) is 8.03. The fraction of sp³-hybridized carbons (Fsp3) is 0.105. The van der Waals surface area contributed by atoms with Crippen molar-refractivity contribution in [1.82, 2.24) is 14.8 Å². The first-order chi connectivity index (χ1) is 12.6. The van der Waals surface area contributed by atoms with E-state index < -0.39 is 0 Å². The second-order valence-electron chi connectivity index (χ2n) is 5.81. The molecule has 1 amide bonds. The summed E-state index contributed by atoms with van der Waals surface area (Å²) in [5.74, 6) is 0.566. The number of hydrogen-bond donors (Lipinski definition) is 1. The molecule has 1 N–H and O–H groups in total. The van der Waals surface area contributed by atoms with Crippen LogP contribution in [0.15, 0.2) is 59.3 Å². The molecule has 0 radical (unpaired) electrons. The quantitative estimate of drug-likeness (QED) is 0.584. The maximum atomic E-state index is 12.4. The van der Waals surface area contributed by atoms with Gasteiger partial charge in [0, 0.05) is 12.6 Å². The van der Waals surface area contributed by atoms with Crippen LogP contribution in [0, 0.1) is 6.92 Å². The summed E-state index contributed by atoms with van der Waals surface area (Å²) in [6.07, 6.45) is 3.28. The lowest BCUT2D eigenvalue weighted by molar-refractivity contribution is 0.102. The topological polar surface area (TPSA) is 73.0 Å². The zero-order valence-electron chi connectivity index (χ0n) is 14.3. The summed E-state index contributed by atoms with van der Waals surface area (Å²) in [7, 11) is 1.86. The third-order valence-electron chi connectivity index (χ3n) is 4.00. The Morgan fingerprint density at radius 1 is 1.23 bits per heavy atom. The van der Waals surface area contributed by atoms with Crippen molar-refractivity contribution >= 4 is 22.2 Å². The zero-order chi connectivity index (χ0) is 18.1. The van der Waals surface area contributed by atoms with E-state index in [1.54, 1.807) is 17.1 Å². The van der Waals surface area contributed by atoms with E-state index in [0.29, 0.717) is 16.3 Å². The molecule has 0 aliphatic heterocycles. The molecule has 4 rings (SSSR count). The van der Waals surface area contributed by atoms with Crippen molar-refractivity contribution < 1.29 is 9.21 Å². The first kappa shape index (κ1) is 16.3. The van der Waals surface area contributed by atoms with E-state index in [0.717, 1.165) is 22.0 Å². The number of aryl methyl sites for hydroxylation is 2. The van der Waals surface area contributed by atoms with Gasteiger partial charge in [0.25, 0.3) is 5.91 Å². The lowest BCUT2D eigenvalue weighted by atomic mass is 10.1. The van der Waals surface area contributed by atoms with Crippen molar-refractivity contribution in [2.45, 2.75) is 6.92 Å². The largest absolute Gasteiger partial charge is 0.463 e. The van der Waals surface area contributed by atoms with Crippen molar-refractivity contribution in [1.29, 1.82) is 0 Å². The van der Waals surface area contributed by atoms with Crippen molar-refractivity contribution in [3.05, 3.63) is 66.1 Å². The predicted molar refractivity (Wildman–Crippen MR) is 101 cm³/mol. The number of furan rings is 1. The second-order valence-corrected chi connectivity index (χ2v) is 6.85. The molecule has 3 heterocycles. The Hall–Kier alpha value is -3.19. The SMILES string of the molecule is Cc1ccccc1C(=O)Nc1cnc(-c2cc(-c3ccco3)nn2C)s1. The molecule has 130 valence electrons. The van der Waals surface area contributed by atoms with E-state index >= 15 is 0 Å². The van der Waals surface area contributed by atoms with Crippen molar-refractivity contribution in [2.24, 2.45) is 7.05 Å². The molecule has 26 heavy (non-hydrogen) atoms. The number of benzene rings is 1. The van der Waals surface area contributed by atoms with Crippen molar-refractivity contribution in [3.63, 3.8) is 0 Å². The molecule has 0 spiro atoms. The third kappa shape index (κ3) is 3.04. The summed E-state index contributed by atoms with van der Waals surface area (Å²) in [6.45, 7) is 1.92. The smallest absolute Gasteiger partial charge is 0.256 e. The van der Waals surface area contributed by atoms with Crippen LogP contribution in [0.3, 0.4) is 0 Å². The first-order valence-corrected chi connectivity index (χ1v) is 8.84. The number of rotatable bonds is 4. The number of anilines is 1. The lowest BCUT2D eigenvalue weighted by Crippen LogP contribution is -2.12. The highest BCUT2D eigenvalue weighted by molar-refractivity contribution is 7.19. The fourth-order valence-electron chi connectivity index (χ4n) is 2.67. The maximum Gasteiger partial charge on any atom is 0.256 e. The van der Waals surface area contributed by atoms with E-state index in [-0.39, 0.29) is 5.91 Å². The number of carbonyl (C=O) groups excluding carboxylic acids is 1. The molecule has 6 nitrogen and oxygen atoms in total. The Labute approximate surface area is 154 Å². The van der Waals surface area contributed by atoms with Crippen molar-refractivity contribution in [3.8, 4) is 22.2 Å². The second kappa shape index (κ2) is 6.61. The molecule has 0 fully saturated rings. The van der Waals surface area contributed by atoms with E-state index in [9.17, 15) is 4.79 Å². The summed E-state index contributed by atoms with van der Waals surface area (Å²) >= 11 is 1.41. The minimum atomic E-state index is -0.139. The number of thiazole rings is 1. The van der Waals surface area contributed by atoms with Gasteiger partial charge in [0.15, 0.2) is 5.76 Å². The predicted octanol–water partition coefficient (Wildman–Crippen LogP) is 4.36. The summed E-state index contributed by atoms with van der Waals surface area (Å²) < 4.78 is 7.15. The molecule has 4 aromatic rings. The Bertz CT molecular complexity index is 1060. The number of hydrogen-bond acceptors (Lipinski definition) is 5.